The van der Waals surface area contributed by atoms with Gasteiger partial charge in [-0.25, -0.2) is 0 Å². The van der Waals surface area contributed by atoms with E-state index in [2.05, 4.69) is 37.2 Å². The van der Waals surface area contributed by atoms with Crippen LogP contribution in [0.3, 0.4) is 0 Å². The number of ether oxygens (including phenoxy) is 9. The molecular formula is C51H84N8O25. The average molecular weight is 1210 g/mol. The normalized spacial score (nSPS) is 28.1. The van der Waals surface area contributed by atoms with Crippen molar-refractivity contribution in [2.24, 2.45) is 0 Å². The first kappa shape index (κ1) is 71.2. The molecule has 7 amide bonds. The summed E-state index contributed by atoms with van der Waals surface area (Å²) in [6.45, 7) is -0.164. The summed E-state index contributed by atoms with van der Waals surface area (Å²) in [4.78, 5) is 89.3. The summed E-state index contributed by atoms with van der Waals surface area (Å²) in [5.41, 5.74) is 1.35. The molecule has 84 heavy (non-hydrogen) atoms. The van der Waals surface area contributed by atoms with Gasteiger partial charge in [0.2, 0.25) is 41.9 Å². The molecule has 0 spiro atoms. The molecule has 1 aromatic rings. The fourth-order valence-electron chi connectivity index (χ4n) is 9.02. The minimum atomic E-state index is -1.53. The van der Waals surface area contributed by atoms with Crippen molar-refractivity contribution in [1.82, 2.24) is 42.1 Å². The molecule has 33 nitrogen and oxygen atoms in total. The summed E-state index contributed by atoms with van der Waals surface area (Å²) in [5.74, 6) is -3.47. The van der Waals surface area contributed by atoms with Crippen LogP contribution in [0.25, 0.3) is 0 Å². The van der Waals surface area contributed by atoms with Gasteiger partial charge in [-0.1, -0.05) is 24.3 Å². The van der Waals surface area contributed by atoms with Crippen LogP contribution < -0.4 is 37.2 Å². The Balaban J connectivity index is 1.40. The van der Waals surface area contributed by atoms with Crippen LogP contribution in [-0.4, -0.2) is 303 Å². The number of rotatable bonds is 38. The van der Waals surface area contributed by atoms with Crippen molar-refractivity contribution in [3.8, 4) is 0 Å². The number of hydrogen-bond donors (Lipinski definition) is 16. The number of nitrogens with one attached hydrogen (secondary N) is 7. The molecule has 0 aromatic heterocycles. The first-order valence-corrected chi connectivity index (χ1v) is 27.3. The maximum atomic E-state index is 14.3. The third-order valence-electron chi connectivity index (χ3n) is 13.2. The van der Waals surface area contributed by atoms with E-state index in [4.69, 9.17) is 42.6 Å². The molecule has 16 N–H and O–H groups in total. The molecule has 4 rings (SSSR count). The zero-order valence-electron chi connectivity index (χ0n) is 47.1. The Morgan fingerprint density at radius 1 is 0.512 bits per heavy atom. The van der Waals surface area contributed by atoms with Crippen LogP contribution in [0.15, 0.2) is 24.3 Å². The van der Waals surface area contributed by atoms with Crippen molar-refractivity contribution in [1.29, 1.82) is 0 Å². The quantitative estimate of drug-likeness (QED) is 0.0216. The van der Waals surface area contributed by atoms with E-state index >= 15 is 0 Å². The number of nitrogens with zero attached hydrogens (tertiary/aromatic N) is 1. The van der Waals surface area contributed by atoms with E-state index in [0.717, 1.165) is 5.56 Å². The van der Waals surface area contributed by atoms with Crippen molar-refractivity contribution in [3.63, 3.8) is 0 Å². The van der Waals surface area contributed by atoms with Crippen LogP contribution >= 0.6 is 0 Å². The molecule has 0 saturated carbocycles. The van der Waals surface area contributed by atoms with Gasteiger partial charge in [0.1, 0.15) is 73.1 Å². The third kappa shape index (κ3) is 23.5. The Hall–Kier alpha value is -5.25. The monoisotopic (exact) mass is 1210 g/mol. The van der Waals surface area contributed by atoms with Crippen molar-refractivity contribution in [2.75, 3.05) is 112 Å². The Morgan fingerprint density at radius 3 is 1.19 bits per heavy atom. The first-order chi connectivity index (χ1) is 40.2. The minimum absolute atomic E-state index is 0.0357. The summed E-state index contributed by atoms with van der Waals surface area (Å²) < 4.78 is 50.5. The van der Waals surface area contributed by atoms with Gasteiger partial charge < -0.3 is 126 Å². The Morgan fingerprint density at radius 2 is 0.857 bits per heavy atom. The highest BCUT2D eigenvalue weighted by atomic mass is 16.7. The molecular weight excluding hydrogens is 1120 g/mol. The summed E-state index contributed by atoms with van der Waals surface area (Å²) >= 11 is 0. The molecule has 0 aliphatic carbocycles. The van der Waals surface area contributed by atoms with Gasteiger partial charge in [-0.2, -0.15) is 0 Å². The third-order valence-corrected chi connectivity index (χ3v) is 13.2. The lowest BCUT2D eigenvalue weighted by atomic mass is 9.97. The zero-order chi connectivity index (χ0) is 61.7. The van der Waals surface area contributed by atoms with Crippen molar-refractivity contribution in [3.05, 3.63) is 35.4 Å². The van der Waals surface area contributed by atoms with Gasteiger partial charge >= 0.3 is 0 Å². The number of aliphatic hydroxyl groups is 9. The van der Waals surface area contributed by atoms with Crippen LogP contribution in [0.4, 0.5) is 0 Å². The van der Waals surface area contributed by atoms with Gasteiger partial charge in [-0.15, -0.1) is 0 Å². The molecule has 3 aliphatic heterocycles. The Kier molecular flexibility index (Phi) is 32.2. The lowest BCUT2D eigenvalue weighted by molar-refractivity contribution is -0.272. The molecule has 3 saturated heterocycles. The molecule has 3 heterocycles. The average Bonchev–Trinajstić information content (AvgIpc) is 3.51. The number of aliphatic hydroxyl groups excluding tert-OH is 9. The zero-order valence-corrected chi connectivity index (χ0v) is 47.1. The van der Waals surface area contributed by atoms with Gasteiger partial charge in [-0.05, 0) is 17.5 Å². The maximum Gasteiger partial charge on any atom is 0.237 e. The molecule has 0 bridgehead atoms. The van der Waals surface area contributed by atoms with Gasteiger partial charge in [0, 0.05) is 47.0 Å². The first-order valence-electron chi connectivity index (χ1n) is 27.3. The molecule has 3 aliphatic rings. The van der Waals surface area contributed by atoms with Crippen LogP contribution in [0.2, 0.25) is 0 Å². The van der Waals surface area contributed by atoms with Gasteiger partial charge in [0.25, 0.3) is 0 Å². The second-order valence-corrected chi connectivity index (χ2v) is 19.7. The highest BCUT2D eigenvalue weighted by molar-refractivity contribution is 5.86. The van der Waals surface area contributed by atoms with Gasteiger partial charge in [0.05, 0.1) is 98.4 Å². The Labute approximate surface area is 484 Å². The van der Waals surface area contributed by atoms with Crippen LogP contribution in [0.1, 0.15) is 31.9 Å². The predicted molar refractivity (Wildman–Crippen MR) is 284 cm³/mol. The lowest BCUT2D eigenvalue weighted by Gasteiger charge is -2.42. The lowest BCUT2D eigenvalue weighted by Crippen LogP contribution is -2.64. The maximum absolute atomic E-state index is 14.3. The van der Waals surface area contributed by atoms with Crippen LogP contribution in [0.5, 0.6) is 0 Å². The van der Waals surface area contributed by atoms with E-state index in [1.807, 2.05) is 0 Å². The van der Waals surface area contributed by atoms with Crippen molar-refractivity contribution in [2.45, 2.75) is 132 Å². The molecule has 16 unspecified atom stereocenters. The number of amides is 7. The number of carbonyl (C=O) groups excluding carboxylic acids is 7. The summed E-state index contributed by atoms with van der Waals surface area (Å²) in [6, 6.07) is 2.18. The second kappa shape index (κ2) is 38.0. The summed E-state index contributed by atoms with van der Waals surface area (Å²) in [5, 5.41) is 109. The van der Waals surface area contributed by atoms with Crippen LogP contribution in [0, 0.1) is 0 Å². The van der Waals surface area contributed by atoms with E-state index in [1.165, 1.54) is 25.7 Å². The van der Waals surface area contributed by atoms with E-state index < -0.39 is 166 Å². The number of carbonyl (C=O) groups is 7. The van der Waals surface area contributed by atoms with Crippen molar-refractivity contribution >= 4 is 41.9 Å². The molecule has 3 fully saturated rings. The summed E-state index contributed by atoms with van der Waals surface area (Å²) in [7, 11) is 0. The fourth-order valence-corrected chi connectivity index (χ4v) is 9.02. The van der Waals surface area contributed by atoms with Crippen LogP contribution in [-0.2, 0) is 89.2 Å². The van der Waals surface area contributed by atoms with Gasteiger partial charge in [0.15, 0.2) is 18.9 Å². The Bertz CT molecular complexity index is 2080. The fraction of sp³-hybridized carbons (Fsp3) is 0.745. The molecule has 33 heteroatoms. The topological polar surface area (TPSA) is 472 Å². The van der Waals surface area contributed by atoms with E-state index in [-0.39, 0.29) is 92.1 Å². The summed E-state index contributed by atoms with van der Waals surface area (Å²) in [6.07, 6.45) is -16.0. The van der Waals surface area contributed by atoms with E-state index in [0.29, 0.717) is 12.0 Å². The largest absolute Gasteiger partial charge is 0.394 e. The smallest absolute Gasteiger partial charge is 0.237 e. The van der Waals surface area contributed by atoms with Crippen molar-refractivity contribution < 1.29 is 122 Å². The second-order valence-electron chi connectivity index (χ2n) is 19.7. The van der Waals surface area contributed by atoms with E-state index in [1.54, 1.807) is 24.3 Å². The SMILES string of the molecule is CC(=O)NC1C(OCCOCCNC(=O)CN(CC(=O)NCCOCCOC2OC(CO)C(O)C(O)C2NC(C)=O)C(Cc2ccc(CNC=O)cc2)C(=O)NCCOCCOC2OC(CO)C(O)C(O)C2NC(C)=O)OC(CO)C(O)C1O. The highest BCUT2D eigenvalue weighted by Gasteiger charge is 2.48. The highest BCUT2D eigenvalue weighted by Crippen LogP contribution is 2.25. The number of benzene rings is 1. The molecule has 478 valence electrons. The number of hydrogen-bond acceptors (Lipinski definition) is 26. The molecule has 1 aromatic carbocycles. The molecule has 16 atom stereocenters. The van der Waals surface area contributed by atoms with E-state index in [9.17, 15) is 79.5 Å². The standard InChI is InChI=1S/C51H84N8O25/c1-28(64)56-39-45(72)42(69)34(24-60)82-49(39)79-17-14-76-11-8-53-37(67)22-59(23-38(68)54-9-12-77-15-18-80-50-40(57-29(2)65)46(73)43(70)35(25-61)83-50)33(20-31-4-6-32(7-5-31)21-52-27-63)48(75)55-10-13-78-16-19-81-51-41(58-30(3)66)47(74)44(71)36(26-62)84-51/h4-7,27,33-36,39-47,49-51,60-62,69-74H,8-26H2,1-3H3,(H,52,63)(H,53,67)(H,54,68)(H,55,75)(H,56,64)(H,57,65)(H,58,66). The van der Waals surface area contributed by atoms with Gasteiger partial charge in [-0.3, -0.25) is 38.5 Å². The molecule has 0 radical (unpaired) electrons. The minimum Gasteiger partial charge on any atom is -0.394 e. The predicted octanol–water partition coefficient (Wildman–Crippen LogP) is -9.58.